The smallest absolute Gasteiger partial charge is 0.170 e. The molecular formula is C20H20N2OS. The maximum absolute atomic E-state index is 5.92. The molecular weight excluding hydrogens is 316 g/mol. The molecule has 0 radical (unpaired) electrons. The quantitative estimate of drug-likeness (QED) is 0.378. The van der Waals surface area contributed by atoms with Crippen LogP contribution in [0.3, 0.4) is 0 Å². The Morgan fingerprint density at radius 1 is 1.21 bits per heavy atom. The van der Waals surface area contributed by atoms with Crippen molar-refractivity contribution in [3.63, 3.8) is 0 Å². The lowest BCUT2D eigenvalue weighted by molar-refractivity contribution is 0.341. The molecule has 0 aliphatic heterocycles. The van der Waals surface area contributed by atoms with E-state index in [4.69, 9.17) is 11.2 Å². The van der Waals surface area contributed by atoms with Crippen molar-refractivity contribution in [1.82, 2.24) is 9.55 Å². The molecule has 0 amide bonds. The maximum atomic E-state index is 5.92. The van der Waals surface area contributed by atoms with Gasteiger partial charge in [-0.15, -0.1) is 6.42 Å². The summed E-state index contributed by atoms with van der Waals surface area (Å²) in [7, 11) is 0. The highest BCUT2D eigenvalue weighted by molar-refractivity contribution is 7.99. The van der Waals surface area contributed by atoms with Crippen LogP contribution in [-0.2, 0) is 6.54 Å². The zero-order chi connectivity index (χ0) is 16.9. The minimum absolute atomic E-state index is 0.528. The van der Waals surface area contributed by atoms with Gasteiger partial charge < -0.3 is 9.30 Å². The number of fused-ring (bicyclic) bond motifs is 1. The molecule has 0 spiro atoms. The second kappa shape index (κ2) is 7.46. The monoisotopic (exact) mass is 336 g/mol. The van der Waals surface area contributed by atoms with E-state index >= 15 is 0 Å². The van der Waals surface area contributed by atoms with Crippen LogP contribution in [0.15, 0.2) is 47.6 Å². The van der Waals surface area contributed by atoms with Gasteiger partial charge in [-0.25, -0.2) is 4.98 Å². The van der Waals surface area contributed by atoms with Crippen LogP contribution in [0.5, 0.6) is 5.75 Å². The summed E-state index contributed by atoms with van der Waals surface area (Å²) in [4.78, 5) is 4.68. The molecule has 0 saturated carbocycles. The molecule has 0 unspecified atom stereocenters. The molecule has 1 heterocycles. The molecule has 0 aliphatic carbocycles. The SMILES string of the molecule is C#CCn1c(SCCOc2cc(C)ccc2C)nc2ccccc21. The minimum atomic E-state index is 0.528. The fourth-order valence-electron chi connectivity index (χ4n) is 2.56. The van der Waals surface area contributed by atoms with Crippen molar-refractivity contribution in [2.45, 2.75) is 25.5 Å². The lowest BCUT2D eigenvalue weighted by Gasteiger charge is -2.10. The Balaban J connectivity index is 1.66. The summed E-state index contributed by atoms with van der Waals surface area (Å²) >= 11 is 1.67. The zero-order valence-electron chi connectivity index (χ0n) is 14.0. The van der Waals surface area contributed by atoms with Gasteiger partial charge in [-0.2, -0.15) is 0 Å². The summed E-state index contributed by atoms with van der Waals surface area (Å²) in [6.07, 6.45) is 5.51. The first-order valence-electron chi connectivity index (χ1n) is 7.90. The summed E-state index contributed by atoms with van der Waals surface area (Å²) in [5.41, 5.74) is 4.42. The molecule has 3 aromatic rings. The molecule has 3 rings (SSSR count). The Morgan fingerprint density at radius 2 is 2.04 bits per heavy atom. The molecule has 0 atom stereocenters. The number of imidazole rings is 1. The fraction of sp³-hybridized carbons (Fsp3) is 0.250. The van der Waals surface area contributed by atoms with Gasteiger partial charge in [-0.1, -0.05) is 41.9 Å². The van der Waals surface area contributed by atoms with Gasteiger partial charge in [0, 0.05) is 5.75 Å². The number of ether oxygens (including phenoxy) is 1. The highest BCUT2D eigenvalue weighted by Gasteiger charge is 2.10. The third kappa shape index (κ3) is 3.58. The van der Waals surface area contributed by atoms with E-state index < -0.39 is 0 Å². The van der Waals surface area contributed by atoms with Crippen LogP contribution in [0.1, 0.15) is 11.1 Å². The Bertz CT molecular complexity index is 892. The lowest BCUT2D eigenvalue weighted by Crippen LogP contribution is -2.04. The molecule has 0 N–H and O–H groups in total. The van der Waals surface area contributed by atoms with Crippen LogP contribution < -0.4 is 4.74 Å². The number of hydrogen-bond donors (Lipinski definition) is 0. The van der Waals surface area contributed by atoms with Crippen molar-refractivity contribution in [2.24, 2.45) is 0 Å². The van der Waals surface area contributed by atoms with E-state index in [0.29, 0.717) is 13.2 Å². The first kappa shape index (κ1) is 16.5. The normalized spacial score (nSPS) is 10.7. The van der Waals surface area contributed by atoms with Gasteiger partial charge >= 0.3 is 0 Å². The molecule has 24 heavy (non-hydrogen) atoms. The minimum Gasteiger partial charge on any atom is -0.492 e. The van der Waals surface area contributed by atoms with Crippen molar-refractivity contribution < 1.29 is 4.74 Å². The average molecular weight is 336 g/mol. The fourth-order valence-corrected chi connectivity index (χ4v) is 3.39. The van der Waals surface area contributed by atoms with E-state index in [1.54, 1.807) is 11.8 Å². The number of thioether (sulfide) groups is 1. The molecule has 3 nitrogen and oxygen atoms in total. The van der Waals surface area contributed by atoms with Crippen LogP contribution in [0.25, 0.3) is 11.0 Å². The number of nitrogens with zero attached hydrogens (tertiary/aromatic N) is 2. The van der Waals surface area contributed by atoms with Gasteiger partial charge in [0.1, 0.15) is 5.75 Å². The van der Waals surface area contributed by atoms with E-state index in [0.717, 1.165) is 33.3 Å². The number of aromatic nitrogens is 2. The summed E-state index contributed by atoms with van der Waals surface area (Å²) in [5.74, 6) is 4.48. The largest absolute Gasteiger partial charge is 0.492 e. The van der Waals surface area contributed by atoms with Gasteiger partial charge in [0.2, 0.25) is 0 Å². The van der Waals surface area contributed by atoms with E-state index in [-0.39, 0.29) is 0 Å². The van der Waals surface area contributed by atoms with Gasteiger partial charge in [0.15, 0.2) is 5.16 Å². The first-order chi connectivity index (χ1) is 11.7. The zero-order valence-corrected chi connectivity index (χ0v) is 14.8. The van der Waals surface area contributed by atoms with Crippen molar-refractivity contribution in [1.29, 1.82) is 0 Å². The van der Waals surface area contributed by atoms with Gasteiger partial charge in [-0.3, -0.25) is 0 Å². The number of aryl methyl sites for hydroxylation is 2. The van der Waals surface area contributed by atoms with Crippen LogP contribution in [-0.4, -0.2) is 21.9 Å². The third-order valence-corrected chi connectivity index (χ3v) is 4.73. The Kier molecular flexibility index (Phi) is 5.12. The number of terminal acetylenes is 1. The van der Waals surface area contributed by atoms with Gasteiger partial charge in [-0.05, 0) is 43.2 Å². The molecule has 2 aromatic carbocycles. The molecule has 0 saturated heterocycles. The van der Waals surface area contributed by atoms with Crippen LogP contribution in [0.4, 0.5) is 0 Å². The maximum Gasteiger partial charge on any atom is 0.170 e. The Hall–Kier alpha value is -2.38. The standard InChI is InChI=1S/C20H20N2OS/c1-4-11-22-18-8-6-5-7-17(18)21-20(22)24-13-12-23-19-14-15(2)9-10-16(19)3/h1,5-10,14H,11-13H2,2-3H3. The van der Waals surface area contributed by atoms with Crippen molar-refractivity contribution in [2.75, 3.05) is 12.4 Å². The highest BCUT2D eigenvalue weighted by Crippen LogP contribution is 2.24. The van der Waals surface area contributed by atoms with E-state index in [2.05, 4.69) is 53.6 Å². The topological polar surface area (TPSA) is 27.1 Å². The molecule has 0 fully saturated rings. The lowest BCUT2D eigenvalue weighted by atomic mass is 10.1. The van der Waals surface area contributed by atoms with Gasteiger partial charge in [0.05, 0.1) is 24.2 Å². The summed E-state index contributed by atoms with van der Waals surface area (Å²) < 4.78 is 8.00. The highest BCUT2D eigenvalue weighted by atomic mass is 32.2. The Morgan fingerprint density at radius 3 is 2.88 bits per heavy atom. The second-order valence-corrected chi connectivity index (χ2v) is 6.70. The van der Waals surface area contributed by atoms with Crippen molar-refractivity contribution >= 4 is 22.8 Å². The van der Waals surface area contributed by atoms with E-state index in [1.807, 2.05) is 18.2 Å². The number of hydrogen-bond acceptors (Lipinski definition) is 3. The first-order valence-corrected chi connectivity index (χ1v) is 8.89. The van der Waals surface area contributed by atoms with Crippen LogP contribution in [0, 0.1) is 26.2 Å². The Labute approximate surface area is 147 Å². The van der Waals surface area contributed by atoms with E-state index in [1.165, 1.54) is 5.56 Å². The van der Waals surface area contributed by atoms with Gasteiger partial charge in [0.25, 0.3) is 0 Å². The summed E-state index contributed by atoms with van der Waals surface area (Å²) in [6.45, 7) is 5.30. The predicted octanol–water partition coefficient (Wildman–Crippen LogP) is 4.46. The molecule has 122 valence electrons. The van der Waals surface area contributed by atoms with Crippen LogP contribution in [0.2, 0.25) is 0 Å². The van der Waals surface area contributed by atoms with Crippen LogP contribution >= 0.6 is 11.8 Å². The number of rotatable bonds is 6. The molecule has 0 bridgehead atoms. The summed E-state index contributed by atoms with van der Waals surface area (Å²) in [6, 6.07) is 14.3. The molecule has 1 aromatic heterocycles. The number of benzene rings is 2. The predicted molar refractivity (Wildman–Crippen MR) is 101 cm³/mol. The average Bonchev–Trinajstić information content (AvgIpc) is 2.93. The second-order valence-electron chi connectivity index (χ2n) is 5.64. The number of para-hydroxylation sites is 2. The third-order valence-electron chi connectivity index (χ3n) is 3.78. The van der Waals surface area contributed by atoms with Crippen molar-refractivity contribution in [3.05, 3.63) is 53.6 Å². The molecule has 4 heteroatoms. The molecule has 0 aliphatic rings. The van der Waals surface area contributed by atoms with E-state index in [9.17, 15) is 0 Å². The van der Waals surface area contributed by atoms with Crippen molar-refractivity contribution in [3.8, 4) is 18.1 Å². The summed E-state index contributed by atoms with van der Waals surface area (Å²) in [5, 5.41) is 0.943.